The molecule has 0 N–H and O–H groups in total. The molecule has 1 aliphatic heterocycles. The first-order chi connectivity index (χ1) is 9.20. The summed E-state index contributed by atoms with van der Waals surface area (Å²) in [7, 11) is 0. The van der Waals surface area contributed by atoms with E-state index in [1.807, 2.05) is 5.38 Å². The predicted molar refractivity (Wildman–Crippen MR) is 79.6 cm³/mol. The van der Waals surface area contributed by atoms with Gasteiger partial charge in [-0.15, -0.1) is 22.9 Å². The number of anilines is 1. The second-order valence-electron chi connectivity index (χ2n) is 4.51. The molecule has 102 valence electrons. The summed E-state index contributed by atoms with van der Waals surface area (Å²) in [5.41, 5.74) is 1.88. The molecule has 1 saturated heterocycles. The van der Waals surface area contributed by atoms with Gasteiger partial charge in [0.1, 0.15) is 0 Å². The maximum absolute atomic E-state index is 6.06. The average molecular weight is 318 g/mol. The zero-order valence-corrected chi connectivity index (χ0v) is 12.7. The van der Waals surface area contributed by atoms with E-state index in [2.05, 4.69) is 21.8 Å². The molecule has 19 heavy (non-hydrogen) atoms. The fourth-order valence-electron chi connectivity index (χ4n) is 2.26. The van der Waals surface area contributed by atoms with Crippen LogP contribution in [0.1, 0.15) is 12.5 Å². The molecule has 3 rings (SSSR count). The Bertz CT molecular complexity index is 604. The van der Waals surface area contributed by atoms with Gasteiger partial charge in [-0.1, -0.05) is 0 Å². The summed E-state index contributed by atoms with van der Waals surface area (Å²) in [5.74, 6) is 1.33. The molecule has 0 aliphatic carbocycles. The molecule has 0 aromatic carbocycles. The van der Waals surface area contributed by atoms with Crippen molar-refractivity contribution < 1.29 is 4.74 Å². The summed E-state index contributed by atoms with van der Waals surface area (Å²) in [6.07, 6.45) is 0. The van der Waals surface area contributed by atoms with Crippen molar-refractivity contribution in [3.63, 3.8) is 0 Å². The summed E-state index contributed by atoms with van der Waals surface area (Å²) < 4.78 is 6.52. The molecule has 0 saturated carbocycles. The van der Waals surface area contributed by atoms with Crippen molar-refractivity contribution >= 4 is 50.6 Å². The van der Waals surface area contributed by atoms with Crippen molar-refractivity contribution in [2.45, 2.75) is 18.8 Å². The third kappa shape index (κ3) is 2.40. The Morgan fingerprint density at radius 2 is 2.37 bits per heavy atom. The van der Waals surface area contributed by atoms with Crippen molar-refractivity contribution in [2.24, 2.45) is 0 Å². The molecular formula is C12H13Cl2N3OS. The minimum atomic E-state index is 0.269. The van der Waals surface area contributed by atoms with E-state index in [9.17, 15) is 0 Å². The molecular weight excluding hydrogens is 305 g/mol. The van der Waals surface area contributed by atoms with Crippen LogP contribution in [0.3, 0.4) is 0 Å². The predicted octanol–water partition coefficient (Wildman–Crippen LogP) is 3.31. The Kier molecular flexibility index (Phi) is 3.80. The number of ether oxygens (including phenoxy) is 1. The molecule has 2 aromatic heterocycles. The van der Waals surface area contributed by atoms with E-state index in [1.165, 1.54) is 0 Å². The lowest BCUT2D eigenvalue weighted by molar-refractivity contribution is 0.0987. The Balaban J connectivity index is 2.14. The van der Waals surface area contributed by atoms with Gasteiger partial charge in [0.05, 0.1) is 35.4 Å². The van der Waals surface area contributed by atoms with Crippen LogP contribution >= 0.6 is 34.5 Å². The monoisotopic (exact) mass is 317 g/mol. The zero-order chi connectivity index (χ0) is 13.4. The number of rotatable bonds is 2. The van der Waals surface area contributed by atoms with Gasteiger partial charge in [-0.3, -0.25) is 0 Å². The standard InChI is InChI=1S/C12H13Cl2N3OS/c1-7-5-18-3-2-17(7)11-10-9(15-12(14)16-11)8(4-13)6-19-10/h6-7H,2-5H2,1H3/t7-/m1/s1. The van der Waals surface area contributed by atoms with Gasteiger partial charge in [-0.2, -0.15) is 4.98 Å². The Labute approximate surface area is 125 Å². The van der Waals surface area contributed by atoms with E-state index in [4.69, 9.17) is 27.9 Å². The van der Waals surface area contributed by atoms with Crippen molar-refractivity contribution in [1.29, 1.82) is 0 Å². The van der Waals surface area contributed by atoms with Gasteiger partial charge in [0.2, 0.25) is 5.28 Å². The van der Waals surface area contributed by atoms with Crippen LogP contribution in [-0.2, 0) is 10.6 Å². The van der Waals surface area contributed by atoms with Crippen LogP contribution in [0.5, 0.6) is 0 Å². The lowest BCUT2D eigenvalue weighted by atomic mass is 10.2. The molecule has 0 amide bonds. The van der Waals surface area contributed by atoms with Crippen LogP contribution < -0.4 is 4.90 Å². The number of aromatic nitrogens is 2. The van der Waals surface area contributed by atoms with Crippen LogP contribution in [0.4, 0.5) is 5.82 Å². The lowest BCUT2D eigenvalue weighted by Crippen LogP contribution is -2.44. The highest BCUT2D eigenvalue weighted by Gasteiger charge is 2.24. The number of alkyl halides is 1. The Hall–Kier alpha value is -0.620. The number of morpholine rings is 1. The quantitative estimate of drug-likeness (QED) is 0.629. The number of nitrogens with zero attached hydrogens (tertiary/aromatic N) is 3. The molecule has 0 unspecified atom stereocenters. The number of halogens is 2. The number of hydrogen-bond acceptors (Lipinski definition) is 5. The summed E-state index contributed by atoms with van der Waals surface area (Å²) in [5, 5.41) is 2.29. The highest BCUT2D eigenvalue weighted by atomic mass is 35.5. The molecule has 0 radical (unpaired) electrons. The van der Waals surface area contributed by atoms with E-state index in [1.54, 1.807) is 11.3 Å². The zero-order valence-electron chi connectivity index (χ0n) is 10.4. The number of hydrogen-bond donors (Lipinski definition) is 0. The largest absolute Gasteiger partial charge is 0.377 e. The molecule has 2 aromatic rings. The summed E-state index contributed by atoms with van der Waals surface area (Å²) in [6.45, 7) is 4.35. The van der Waals surface area contributed by atoms with Gasteiger partial charge in [-0.05, 0) is 23.9 Å². The molecule has 1 aliphatic rings. The molecule has 3 heterocycles. The van der Waals surface area contributed by atoms with Crippen molar-refractivity contribution in [2.75, 3.05) is 24.7 Å². The van der Waals surface area contributed by atoms with E-state index >= 15 is 0 Å². The summed E-state index contributed by atoms with van der Waals surface area (Å²) in [6, 6.07) is 0.282. The van der Waals surface area contributed by atoms with Gasteiger partial charge >= 0.3 is 0 Å². The minimum absolute atomic E-state index is 0.269. The summed E-state index contributed by atoms with van der Waals surface area (Å²) in [4.78, 5) is 11.0. The highest BCUT2D eigenvalue weighted by molar-refractivity contribution is 7.18. The second-order valence-corrected chi connectivity index (χ2v) is 5.99. The first-order valence-corrected chi connectivity index (χ1v) is 7.84. The van der Waals surface area contributed by atoms with Crippen LogP contribution in [0.2, 0.25) is 5.28 Å². The Morgan fingerprint density at radius 1 is 1.53 bits per heavy atom. The van der Waals surface area contributed by atoms with Crippen molar-refractivity contribution in [1.82, 2.24) is 9.97 Å². The van der Waals surface area contributed by atoms with Crippen LogP contribution in [0.25, 0.3) is 10.2 Å². The Morgan fingerprint density at radius 3 is 3.11 bits per heavy atom. The fraction of sp³-hybridized carbons (Fsp3) is 0.500. The van der Waals surface area contributed by atoms with Gasteiger partial charge in [-0.25, -0.2) is 4.98 Å². The number of fused-ring (bicyclic) bond motifs is 1. The van der Waals surface area contributed by atoms with Gasteiger partial charge < -0.3 is 9.64 Å². The van der Waals surface area contributed by atoms with Gasteiger partial charge in [0.15, 0.2) is 5.82 Å². The molecule has 4 nitrogen and oxygen atoms in total. The normalized spacial score (nSPS) is 20.2. The van der Waals surface area contributed by atoms with E-state index in [-0.39, 0.29) is 11.3 Å². The summed E-state index contributed by atoms with van der Waals surface area (Å²) >= 11 is 13.6. The maximum atomic E-state index is 6.06. The van der Waals surface area contributed by atoms with Crippen molar-refractivity contribution in [3.8, 4) is 0 Å². The SMILES string of the molecule is C[C@@H]1COCCN1c1nc(Cl)nc2c(CCl)csc12. The first-order valence-electron chi connectivity index (χ1n) is 6.04. The third-order valence-electron chi connectivity index (χ3n) is 3.23. The molecule has 7 heteroatoms. The topological polar surface area (TPSA) is 38.2 Å². The van der Waals surface area contributed by atoms with Crippen molar-refractivity contribution in [3.05, 3.63) is 16.2 Å². The smallest absolute Gasteiger partial charge is 0.224 e. The molecule has 1 atom stereocenters. The molecule has 0 bridgehead atoms. The van der Waals surface area contributed by atoms with Crippen LogP contribution in [0, 0.1) is 0 Å². The fourth-order valence-corrected chi connectivity index (χ4v) is 3.73. The number of thiophene rings is 1. The van der Waals surface area contributed by atoms with E-state index < -0.39 is 0 Å². The second kappa shape index (κ2) is 5.40. The maximum Gasteiger partial charge on any atom is 0.224 e. The van der Waals surface area contributed by atoms with Gasteiger partial charge in [0, 0.05) is 12.1 Å². The minimum Gasteiger partial charge on any atom is -0.377 e. The molecule has 0 spiro atoms. The van der Waals surface area contributed by atoms with Crippen LogP contribution in [-0.4, -0.2) is 35.8 Å². The highest BCUT2D eigenvalue weighted by Crippen LogP contribution is 2.34. The molecule has 1 fully saturated rings. The van der Waals surface area contributed by atoms with Crippen LogP contribution in [0.15, 0.2) is 5.38 Å². The first kappa shape index (κ1) is 13.4. The lowest BCUT2D eigenvalue weighted by Gasteiger charge is -2.34. The van der Waals surface area contributed by atoms with E-state index in [0.29, 0.717) is 19.1 Å². The van der Waals surface area contributed by atoms with E-state index in [0.717, 1.165) is 28.1 Å². The van der Waals surface area contributed by atoms with Gasteiger partial charge in [0.25, 0.3) is 0 Å². The third-order valence-corrected chi connectivity index (χ3v) is 4.70. The average Bonchev–Trinajstić information content (AvgIpc) is 2.81.